The SMILES string of the molecule is Cc1cc(Oc2cc(C3=N[C@H](C4CCCCC4)[C@@H](c4ccccc4)O3)cc(C(C)C)c2)cc(N2c3ccc(C(C)(C)C)cc3C(C)(C)c3cccnc32)c1. The number of aliphatic imine (C=N–C) groups is 1. The molecule has 0 N–H and O–H groups in total. The molecular formula is C49H55N3O2. The Morgan fingerprint density at radius 1 is 0.815 bits per heavy atom. The quantitative estimate of drug-likeness (QED) is 0.168. The first-order valence-electron chi connectivity index (χ1n) is 20.0. The van der Waals surface area contributed by atoms with Crippen LogP contribution in [0.4, 0.5) is 17.2 Å². The second-order valence-electron chi connectivity index (χ2n) is 17.6. The Morgan fingerprint density at radius 3 is 2.31 bits per heavy atom. The molecule has 5 heteroatoms. The number of fused-ring (bicyclic) bond motifs is 2. The molecule has 0 saturated heterocycles. The minimum atomic E-state index is -0.214. The van der Waals surface area contributed by atoms with Crippen LogP contribution >= 0.6 is 0 Å². The van der Waals surface area contributed by atoms with Crippen LogP contribution in [-0.2, 0) is 15.6 Å². The highest BCUT2D eigenvalue weighted by Gasteiger charge is 2.40. The first-order chi connectivity index (χ1) is 25.9. The fourth-order valence-corrected chi connectivity index (χ4v) is 8.77. The lowest BCUT2D eigenvalue weighted by atomic mass is 9.72. The lowest BCUT2D eigenvalue weighted by Crippen LogP contribution is -2.32. The average Bonchev–Trinajstić information content (AvgIpc) is 3.61. The summed E-state index contributed by atoms with van der Waals surface area (Å²) >= 11 is 0. The van der Waals surface area contributed by atoms with Crippen molar-refractivity contribution < 1.29 is 9.47 Å². The molecule has 1 aromatic heterocycles. The number of ether oxygens (including phenoxy) is 2. The molecule has 0 bridgehead atoms. The number of hydrogen-bond acceptors (Lipinski definition) is 5. The molecule has 8 rings (SSSR count). The Balaban J connectivity index is 1.17. The van der Waals surface area contributed by atoms with Gasteiger partial charge in [-0.1, -0.05) is 116 Å². The van der Waals surface area contributed by atoms with Crippen LogP contribution < -0.4 is 9.64 Å². The zero-order valence-electron chi connectivity index (χ0n) is 33.3. The summed E-state index contributed by atoms with van der Waals surface area (Å²) in [4.78, 5) is 12.7. The molecule has 5 nitrogen and oxygen atoms in total. The Bertz CT molecular complexity index is 2190. The lowest BCUT2D eigenvalue weighted by Gasteiger charge is -2.41. The lowest BCUT2D eigenvalue weighted by molar-refractivity contribution is 0.150. The average molecular weight is 718 g/mol. The van der Waals surface area contributed by atoms with Crippen LogP contribution in [0, 0.1) is 12.8 Å². The van der Waals surface area contributed by atoms with Gasteiger partial charge in [-0.15, -0.1) is 0 Å². The summed E-state index contributed by atoms with van der Waals surface area (Å²) in [6.45, 7) is 18.1. The maximum absolute atomic E-state index is 6.86. The van der Waals surface area contributed by atoms with E-state index in [9.17, 15) is 0 Å². The van der Waals surface area contributed by atoms with Crippen LogP contribution in [0.3, 0.4) is 0 Å². The predicted molar refractivity (Wildman–Crippen MR) is 222 cm³/mol. The molecular weight excluding hydrogens is 663 g/mol. The number of benzene rings is 4. The Labute approximate surface area is 322 Å². The first kappa shape index (κ1) is 36.1. The molecule has 3 aliphatic rings. The van der Waals surface area contributed by atoms with Crippen molar-refractivity contribution in [2.45, 2.75) is 116 Å². The van der Waals surface area contributed by atoms with E-state index in [1.165, 1.54) is 59.9 Å². The van der Waals surface area contributed by atoms with E-state index in [4.69, 9.17) is 19.5 Å². The van der Waals surface area contributed by atoms with E-state index in [-0.39, 0.29) is 23.0 Å². The topological polar surface area (TPSA) is 47.0 Å². The van der Waals surface area contributed by atoms with Crippen molar-refractivity contribution in [1.82, 2.24) is 4.98 Å². The van der Waals surface area contributed by atoms with Crippen LogP contribution in [-0.4, -0.2) is 16.9 Å². The molecule has 2 atom stereocenters. The summed E-state index contributed by atoms with van der Waals surface area (Å²) in [5.41, 5.74) is 10.3. The monoisotopic (exact) mass is 717 g/mol. The largest absolute Gasteiger partial charge is 0.467 e. The minimum Gasteiger partial charge on any atom is -0.467 e. The molecule has 1 saturated carbocycles. The summed E-state index contributed by atoms with van der Waals surface area (Å²) in [5.74, 6) is 4.07. The van der Waals surface area contributed by atoms with Crippen molar-refractivity contribution in [2.24, 2.45) is 10.9 Å². The van der Waals surface area contributed by atoms with E-state index < -0.39 is 0 Å². The van der Waals surface area contributed by atoms with Crippen LogP contribution in [0.1, 0.15) is 132 Å². The van der Waals surface area contributed by atoms with Crippen molar-refractivity contribution in [3.63, 3.8) is 0 Å². The normalized spacial score (nSPS) is 19.6. The molecule has 0 amide bonds. The summed E-state index contributed by atoms with van der Waals surface area (Å²) in [5, 5.41) is 0. The number of pyridine rings is 1. The molecule has 5 aromatic rings. The third kappa shape index (κ3) is 6.83. The number of anilines is 3. The van der Waals surface area contributed by atoms with Gasteiger partial charge in [0.15, 0.2) is 0 Å². The minimum absolute atomic E-state index is 0.0349. The van der Waals surface area contributed by atoms with Gasteiger partial charge in [-0.3, -0.25) is 4.90 Å². The maximum atomic E-state index is 6.86. The van der Waals surface area contributed by atoms with Crippen molar-refractivity contribution in [3.05, 3.63) is 142 Å². The Kier molecular flexibility index (Phi) is 9.40. The highest BCUT2D eigenvalue weighted by atomic mass is 16.5. The van der Waals surface area contributed by atoms with E-state index in [2.05, 4.69) is 157 Å². The smallest absolute Gasteiger partial charge is 0.217 e. The fraction of sp³-hybridized carbons (Fsp3) is 0.388. The van der Waals surface area contributed by atoms with Gasteiger partial charge >= 0.3 is 0 Å². The van der Waals surface area contributed by atoms with Crippen molar-refractivity contribution in [1.29, 1.82) is 0 Å². The number of nitrogens with zero attached hydrogens (tertiary/aromatic N) is 3. The van der Waals surface area contributed by atoms with E-state index in [0.717, 1.165) is 45.7 Å². The Morgan fingerprint density at radius 2 is 1.57 bits per heavy atom. The van der Waals surface area contributed by atoms with Gasteiger partial charge in [0.25, 0.3) is 0 Å². The molecule has 0 radical (unpaired) electrons. The van der Waals surface area contributed by atoms with Gasteiger partial charge < -0.3 is 9.47 Å². The molecule has 0 unspecified atom stereocenters. The molecule has 0 spiro atoms. The standard InChI is InChI=1S/C49H55N3O2/c1-31(2)35-26-36(47-51-44(33-16-11-9-12-17-33)45(54-47)34-18-13-10-14-19-34)28-40(27-35)53-39-25-32(3)24-38(30-39)52-43-22-21-37(48(4,5)6)29-42(43)49(7,8)41-20-15-23-50-46(41)52/h10,13-15,18-31,33,44-45H,9,11-12,16-17H2,1-8H3/t44-,45-/m1/s1. The maximum Gasteiger partial charge on any atom is 0.217 e. The first-order valence-corrected chi connectivity index (χ1v) is 20.0. The van der Waals surface area contributed by atoms with Gasteiger partial charge in [0.2, 0.25) is 5.90 Å². The summed E-state index contributed by atoms with van der Waals surface area (Å²) < 4.78 is 13.7. The fourth-order valence-electron chi connectivity index (χ4n) is 8.77. The zero-order chi connectivity index (χ0) is 37.8. The van der Waals surface area contributed by atoms with E-state index in [1.807, 2.05) is 6.20 Å². The second kappa shape index (κ2) is 14.1. The number of aromatic nitrogens is 1. The van der Waals surface area contributed by atoms with Crippen LogP contribution in [0.2, 0.25) is 0 Å². The second-order valence-corrected chi connectivity index (χ2v) is 17.6. The molecule has 2 aliphatic heterocycles. The van der Waals surface area contributed by atoms with Crippen molar-refractivity contribution >= 4 is 23.1 Å². The third-order valence-corrected chi connectivity index (χ3v) is 11.9. The van der Waals surface area contributed by atoms with Crippen LogP contribution in [0.5, 0.6) is 11.5 Å². The molecule has 1 aliphatic carbocycles. The van der Waals surface area contributed by atoms with Crippen molar-refractivity contribution in [3.8, 4) is 11.5 Å². The summed E-state index contributed by atoms with van der Waals surface area (Å²) in [6.07, 6.45) is 8.10. The highest BCUT2D eigenvalue weighted by molar-refractivity contribution is 5.96. The molecule has 3 heterocycles. The predicted octanol–water partition coefficient (Wildman–Crippen LogP) is 13.2. The number of rotatable bonds is 7. The molecule has 278 valence electrons. The van der Waals surface area contributed by atoms with Gasteiger partial charge in [0.05, 0.1) is 17.4 Å². The van der Waals surface area contributed by atoms with Crippen LogP contribution in [0.15, 0.2) is 108 Å². The number of aryl methyl sites for hydroxylation is 1. The van der Waals surface area contributed by atoms with E-state index >= 15 is 0 Å². The van der Waals surface area contributed by atoms with Crippen LogP contribution in [0.25, 0.3) is 0 Å². The highest BCUT2D eigenvalue weighted by Crippen LogP contribution is 2.52. The van der Waals surface area contributed by atoms with Gasteiger partial charge in [-0.2, -0.15) is 0 Å². The van der Waals surface area contributed by atoms with E-state index in [0.29, 0.717) is 11.8 Å². The van der Waals surface area contributed by atoms with Gasteiger partial charge in [-0.05, 0) is 107 Å². The molecule has 4 aromatic carbocycles. The third-order valence-electron chi connectivity index (χ3n) is 11.9. The van der Waals surface area contributed by atoms with E-state index in [1.54, 1.807) is 0 Å². The number of hydrogen-bond donors (Lipinski definition) is 0. The summed E-state index contributed by atoms with van der Waals surface area (Å²) in [6, 6.07) is 35.0. The van der Waals surface area contributed by atoms with Gasteiger partial charge in [0.1, 0.15) is 23.4 Å². The molecule has 1 fully saturated rings. The van der Waals surface area contributed by atoms with Gasteiger partial charge in [-0.25, -0.2) is 9.98 Å². The zero-order valence-corrected chi connectivity index (χ0v) is 33.3. The molecule has 54 heavy (non-hydrogen) atoms. The Hall–Kier alpha value is -4.90. The van der Waals surface area contributed by atoms with Gasteiger partial charge in [0, 0.05) is 28.8 Å². The van der Waals surface area contributed by atoms with Crippen molar-refractivity contribution in [2.75, 3.05) is 4.90 Å². The summed E-state index contributed by atoms with van der Waals surface area (Å²) in [7, 11) is 0.